The predicted octanol–water partition coefficient (Wildman–Crippen LogP) is 2.90. The van der Waals surface area contributed by atoms with Crippen molar-refractivity contribution in [1.29, 1.82) is 0 Å². The number of pyridine rings is 1. The molecule has 1 N–H and O–H groups in total. The molecule has 0 bridgehead atoms. The van der Waals surface area contributed by atoms with Gasteiger partial charge in [-0.2, -0.15) is 0 Å². The number of benzene rings is 1. The predicted molar refractivity (Wildman–Crippen MR) is 83.6 cm³/mol. The van der Waals surface area contributed by atoms with Crippen LogP contribution in [0.15, 0.2) is 30.3 Å². The van der Waals surface area contributed by atoms with Crippen LogP contribution in [0.5, 0.6) is 5.75 Å². The molecule has 0 radical (unpaired) electrons. The first-order valence-corrected chi connectivity index (χ1v) is 7.39. The van der Waals surface area contributed by atoms with E-state index < -0.39 is 0 Å². The SMILES string of the molecule is CC(C)(C)NCc1cc(OC2COC2)c2ccccc2n1. The summed E-state index contributed by atoms with van der Waals surface area (Å²) in [5, 5.41) is 4.53. The van der Waals surface area contributed by atoms with Crippen LogP contribution in [-0.4, -0.2) is 29.8 Å². The average molecular weight is 286 g/mol. The van der Waals surface area contributed by atoms with Crippen molar-refractivity contribution in [2.75, 3.05) is 13.2 Å². The van der Waals surface area contributed by atoms with E-state index in [0.29, 0.717) is 13.2 Å². The van der Waals surface area contributed by atoms with E-state index in [1.165, 1.54) is 0 Å². The van der Waals surface area contributed by atoms with E-state index in [9.17, 15) is 0 Å². The van der Waals surface area contributed by atoms with Gasteiger partial charge in [0, 0.05) is 23.5 Å². The van der Waals surface area contributed by atoms with E-state index in [-0.39, 0.29) is 11.6 Å². The van der Waals surface area contributed by atoms with Gasteiger partial charge in [0.15, 0.2) is 0 Å². The summed E-state index contributed by atoms with van der Waals surface area (Å²) in [5.74, 6) is 0.902. The van der Waals surface area contributed by atoms with Crippen molar-refractivity contribution in [1.82, 2.24) is 10.3 Å². The smallest absolute Gasteiger partial charge is 0.145 e. The van der Waals surface area contributed by atoms with Crippen LogP contribution in [0, 0.1) is 0 Å². The lowest BCUT2D eigenvalue weighted by Crippen LogP contribution is -2.38. The highest BCUT2D eigenvalue weighted by atomic mass is 16.6. The summed E-state index contributed by atoms with van der Waals surface area (Å²) in [7, 11) is 0. The summed E-state index contributed by atoms with van der Waals surface area (Å²) in [4.78, 5) is 4.72. The number of fused-ring (bicyclic) bond motifs is 1. The third-order valence-electron chi connectivity index (χ3n) is 3.43. The summed E-state index contributed by atoms with van der Waals surface area (Å²) in [5.41, 5.74) is 2.04. The molecule has 1 saturated heterocycles. The summed E-state index contributed by atoms with van der Waals surface area (Å²) in [6.45, 7) is 8.52. The van der Waals surface area contributed by atoms with Gasteiger partial charge in [-0.1, -0.05) is 12.1 Å². The number of hydrogen-bond acceptors (Lipinski definition) is 4. The number of nitrogens with zero attached hydrogens (tertiary/aromatic N) is 1. The standard InChI is InChI=1S/C17H22N2O2/c1-17(2,3)18-9-12-8-16(21-13-10-20-11-13)14-6-4-5-7-15(14)19-12/h4-8,13,18H,9-11H2,1-3H3. The highest BCUT2D eigenvalue weighted by molar-refractivity contribution is 5.85. The Morgan fingerprint density at radius 3 is 2.71 bits per heavy atom. The van der Waals surface area contributed by atoms with Crippen LogP contribution < -0.4 is 10.1 Å². The molecular formula is C17H22N2O2. The van der Waals surface area contributed by atoms with Crippen molar-refractivity contribution in [3.8, 4) is 5.75 Å². The van der Waals surface area contributed by atoms with Crippen molar-refractivity contribution in [3.63, 3.8) is 0 Å². The Morgan fingerprint density at radius 2 is 2.05 bits per heavy atom. The van der Waals surface area contributed by atoms with Gasteiger partial charge in [0.2, 0.25) is 0 Å². The van der Waals surface area contributed by atoms with Gasteiger partial charge in [0.1, 0.15) is 11.9 Å². The molecule has 1 aliphatic rings. The van der Waals surface area contributed by atoms with E-state index in [4.69, 9.17) is 14.5 Å². The molecule has 1 fully saturated rings. The van der Waals surface area contributed by atoms with Crippen LogP contribution in [0.3, 0.4) is 0 Å². The van der Waals surface area contributed by atoms with Crippen LogP contribution in [-0.2, 0) is 11.3 Å². The molecule has 4 heteroatoms. The molecule has 0 spiro atoms. The van der Waals surface area contributed by atoms with E-state index in [0.717, 1.165) is 28.9 Å². The molecule has 2 aromatic rings. The van der Waals surface area contributed by atoms with Gasteiger partial charge in [-0.3, -0.25) is 4.98 Å². The van der Waals surface area contributed by atoms with E-state index in [1.54, 1.807) is 0 Å². The minimum atomic E-state index is 0.0656. The van der Waals surface area contributed by atoms with Crippen LogP contribution in [0.4, 0.5) is 0 Å². The fourth-order valence-corrected chi connectivity index (χ4v) is 2.20. The molecule has 112 valence electrons. The molecule has 1 aromatic carbocycles. The normalized spacial score (nSPS) is 16.0. The molecule has 1 aliphatic heterocycles. The number of nitrogens with one attached hydrogen (secondary N) is 1. The maximum Gasteiger partial charge on any atom is 0.145 e. The molecule has 0 amide bonds. The summed E-state index contributed by atoms with van der Waals surface area (Å²) < 4.78 is 11.2. The third-order valence-corrected chi connectivity index (χ3v) is 3.43. The van der Waals surface area contributed by atoms with Gasteiger partial charge in [0.25, 0.3) is 0 Å². The maximum absolute atomic E-state index is 6.04. The first kappa shape index (κ1) is 14.3. The molecule has 4 nitrogen and oxygen atoms in total. The Bertz CT molecular complexity index is 630. The van der Waals surface area contributed by atoms with E-state index in [1.807, 2.05) is 24.3 Å². The Kier molecular flexibility index (Phi) is 3.83. The molecular weight excluding hydrogens is 264 g/mol. The van der Waals surface area contributed by atoms with Crippen molar-refractivity contribution in [2.24, 2.45) is 0 Å². The molecule has 3 rings (SSSR count). The van der Waals surface area contributed by atoms with E-state index >= 15 is 0 Å². The Morgan fingerprint density at radius 1 is 1.29 bits per heavy atom. The van der Waals surface area contributed by atoms with Gasteiger partial charge in [-0.05, 0) is 32.9 Å². The highest BCUT2D eigenvalue weighted by Gasteiger charge is 2.21. The van der Waals surface area contributed by atoms with Crippen LogP contribution in [0.2, 0.25) is 0 Å². The lowest BCUT2D eigenvalue weighted by Gasteiger charge is -2.27. The second-order valence-electron chi connectivity index (χ2n) is 6.51. The monoisotopic (exact) mass is 286 g/mol. The fraction of sp³-hybridized carbons (Fsp3) is 0.471. The first-order valence-electron chi connectivity index (χ1n) is 7.39. The van der Waals surface area contributed by atoms with Crippen molar-refractivity contribution >= 4 is 10.9 Å². The zero-order chi connectivity index (χ0) is 14.9. The number of para-hydroxylation sites is 1. The van der Waals surface area contributed by atoms with Crippen molar-refractivity contribution in [2.45, 2.75) is 39.0 Å². The highest BCUT2D eigenvalue weighted by Crippen LogP contribution is 2.27. The van der Waals surface area contributed by atoms with E-state index in [2.05, 4.69) is 32.2 Å². The van der Waals surface area contributed by atoms with Gasteiger partial charge in [0.05, 0.1) is 24.4 Å². The van der Waals surface area contributed by atoms with Crippen molar-refractivity contribution < 1.29 is 9.47 Å². The van der Waals surface area contributed by atoms with Crippen molar-refractivity contribution in [3.05, 3.63) is 36.0 Å². The minimum absolute atomic E-state index is 0.0656. The molecule has 1 aromatic heterocycles. The summed E-state index contributed by atoms with van der Waals surface area (Å²) >= 11 is 0. The quantitative estimate of drug-likeness (QED) is 0.938. The Labute approximate surface area is 125 Å². The minimum Gasteiger partial charge on any atom is -0.485 e. The molecule has 0 saturated carbocycles. The second-order valence-corrected chi connectivity index (χ2v) is 6.51. The fourth-order valence-electron chi connectivity index (χ4n) is 2.20. The maximum atomic E-state index is 6.04. The topological polar surface area (TPSA) is 43.4 Å². The van der Waals surface area contributed by atoms with Crippen LogP contribution >= 0.6 is 0 Å². The molecule has 0 unspecified atom stereocenters. The number of ether oxygens (including phenoxy) is 2. The second kappa shape index (κ2) is 5.62. The zero-order valence-electron chi connectivity index (χ0n) is 12.8. The van der Waals surface area contributed by atoms with Gasteiger partial charge < -0.3 is 14.8 Å². The zero-order valence-corrected chi connectivity index (χ0v) is 12.8. The number of aromatic nitrogens is 1. The van der Waals surface area contributed by atoms with Crippen LogP contribution in [0.1, 0.15) is 26.5 Å². The summed E-state index contributed by atoms with van der Waals surface area (Å²) in [6, 6.07) is 10.1. The number of hydrogen-bond donors (Lipinski definition) is 1. The molecule has 0 atom stereocenters. The molecule has 21 heavy (non-hydrogen) atoms. The lowest BCUT2D eigenvalue weighted by molar-refractivity contribution is -0.0791. The number of rotatable bonds is 4. The Balaban J connectivity index is 1.90. The van der Waals surface area contributed by atoms with Gasteiger partial charge in [-0.15, -0.1) is 0 Å². The third kappa shape index (κ3) is 3.52. The molecule has 0 aliphatic carbocycles. The van der Waals surface area contributed by atoms with Gasteiger partial charge >= 0.3 is 0 Å². The van der Waals surface area contributed by atoms with Gasteiger partial charge in [-0.25, -0.2) is 0 Å². The summed E-state index contributed by atoms with van der Waals surface area (Å²) in [6.07, 6.45) is 0.166. The lowest BCUT2D eigenvalue weighted by atomic mass is 10.1. The Hall–Kier alpha value is -1.65. The largest absolute Gasteiger partial charge is 0.485 e. The average Bonchev–Trinajstić information content (AvgIpc) is 2.39. The van der Waals surface area contributed by atoms with Crippen LogP contribution in [0.25, 0.3) is 10.9 Å². The first-order chi connectivity index (χ1) is 10.0. The molecule has 2 heterocycles.